The van der Waals surface area contributed by atoms with Crippen LogP contribution in [0.3, 0.4) is 0 Å². The third-order valence-electron chi connectivity index (χ3n) is 4.73. The third kappa shape index (κ3) is 4.01. The molecule has 126 valence electrons. The van der Waals surface area contributed by atoms with Crippen LogP contribution in [0.15, 0.2) is 42.6 Å². The van der Waals surface area contributed by atoms with E-state index in [1.807, 2.05) is 6.20 Å². The first-order valence-corrected chi connectivity index (χ1v) is 8.61. The summed E-state index contributed by atoms with van der Waals surface area (Å²) >= 11 is 0. The van der Waals surface area contributed by atoms with Crippen molar-refractivity contribution in [3.05, 3.63) is 65.0 Å². The lowest BCUT2D eigenvalue weighted by atomic mass is 10.1. The summed E-state index contributed by atoms with van der Waals surface area (Å²) in [5, 5.41) is 2.81. The SMILES string of the molecule is CC(=O)NCc1ccc(C2CCCN2Cc2ccccc2C)nc1. The molecule has 3 rings (SSSR count). The Morgan fingerprint density at radius 1 is 1.29 bits per heavy atom. The first kappa shape index (κ1) is 16.7. The van der Waals surface area contributed by atoms with Crippen LogP contribution in [-0.2, 0) is 17.9 Å². The van der Waals surface area contributed by atoms with Crippen LogP contribution in [0.2, 0.25) is 0 Å². The fourth-order valence-electron chi connectivity index (χ4n) is 3.32. The molecule has 0 saturated carbocycles. The van der Waals surface area contributed by atoms with Gasteiger partial charge in [-0.25, -0.2) is 0 Å². The van der Waals surface area contributed by atoms with E-state index in [4.69, 9.17) is 0 Å². The number of hydrogen-bond acceptors (Lipinski definition) is 3. The van der Waals surface area contributed by atoms with E-state index in [1.54, 1.807) is 0 Å². The largest absolute Gasteiger partial charge is 0.352 e. The second-order valence-corrected chi connectivity index (χ2v) is 6.56. The lowest BCUT2D eigenvalue weighted by Crippen LogP contribution is -2.24. The topological polar surface area (TPSA) is 45.2 Å². The Morgan fingerprint density at radius 2 is 2.12 bits per heavy atom. The van der Waals surface area contributed by atoms with E-state index in [9.17, 15) is 4.79 Å². The smallest absolute Gasteiger partial charge is 0.217 e. The van der Waals surface area contributed by atoms with Gasteiger partial charge in [-0.05, 0) is 49.1 Å². The molecule has 1 atom stereocenters. The van der Waals surface area contributed by atoms with Gasteiger partial charge in [0, 0.05) is 26.2 Å². The molecule has 0 bridgehead atoms. The van der Waals surface area contributed by atoms with Crippen molar-refractivity contribution in [1.29, 1.82) is 0 Å². The van der Waals surface area contributed by atoms with Crippen molar-refractivity contribution in [2.75, 3.05) is 6.54 Å². The fourth-order valence-corrected chi connectivity index (χ4v) is 3.32. The van der Waals surface area contributed by atoms with Crippen LogP contribution in [0.25, 0.3) is 0 Å². The molecule has 1 fully saturated rings. The Bertz CT molecular complexity index is 696. The van der Waals surface area contributed by atoms with Gasteiger partial charge < -0.3 is 5.32 Å². The summed E-state index contributed by atoms with van der Waals surface area (Å²) in [4.78, 5) is 18.2. The van der Waals surface area contributed by atoms with E-state index in [0.717, 1.165) is 30.8 Å². The second kappa shape index (κ2) is 7.58. The average molecular weight is 323 g/mol. The van der Waals surface area contributed by atoms with Gasteiger partial charge in [0.05, 0.1) is 11.7 Å². The van der Waals surface area contributed by atoms with E-state index >= 15 is 0 Å². The molecule has 1 amide bonds. The Labute approximate surface area is 143 Å². The maximum Gasteiger partial charge on any atom is 0.217 e. The zero-order valence-corrected chi connectivity index (χ0v) is 14.5. The molecule has 2 aromatic rings. The van der Waals surface area contributed by atoms with E-state index in [1.165, 1.54) is 24.5 Å². The Kier molecular flexibility index (Phi) is 5.26. The molecular formula is C20H25N3O. The summed E-state index contributed by atoms with van der Waals surface area (Å²) in [5.41, 5.74) is 4.92. The number of rotatable bonds is 5. The quantitative estimate of drug-likeness (QED) is 0.917. The molecule has 1 aromatic carbocycles. The summed E-state index contributed by atoms with van der Waals surface area (Å²) < 4.78 is 0. The van der Waals surface area contributed by atoms with Gasteiger partial charge in [-0.1, -0.05) is 30.3 Å². The van der Waals surface area contributed by atoms with Gasteiger partial charge in [0.15, 0.2) is 0 Å². The van der Waals surface area contributed by atoms with Crippen molar-refractivity contribution in [3.8, 4) is 0 Å². The molecule has 0 radical (unpaired) electrons. The Morgan fingerprint density at radius 3 is 2.83 bits per heavy atom. The molecular weight excluding hydrogens is 298 g/mol. The summed E-state index contributed by atoms with van der Waals surface area (Å²) in [6, 6.07) is 13.2. The normalized spacial score (nSPS) is 17.8. The lowest BCUT2D eigenvalue weighted by Gasteiger charge is -2.25. The van der Waals surface area contributed by atoms with Crippen molar-refractivity contribution in [1.82, 2.24) is 15.2 Å². The standard InChI is InChI=1S/C20H25N3O/c1-15-6-3-4-7-18(15)14-23-11-5-8-20(23)19-10-9-17(13-22-19)12-21-16(2)24/h3-4,6-7,9-10,13,20H,5,8,11-12,14H2,1-2H3,(H,21,24). The predicted octanol–water partition coefficient (Wildman–Crippen LogP) is 3.36. The lowest BCUT2D eigenvalue weighted by molar-refractivity contribution is -0.119. The summed E-state index contributed by atoms with van der Waals surface area (Å²) in [6.07, 6.45) is 4.26. The highest BCUT2D eigenvalue weighted by Gasteiger charge is 2.27. The van der Waals surface area contributed by atoms with Crippen molar-refractivity contribution in [2.24, 2.45) is 0 Å². The van der Waals surface area contributed by atoms with Gasteiger partial charge in [-0.2, -0.15) is 0 Å². The van der Waals surface area contributed by atoms with Crippen LogP contribution in [0.4, 0.5) is 0 Å². The summed E-state index contributed by atoms with van der Waals surface area (Å²) in [5.74, 6) is -0.0146. The van der Waals surface area contributed by atoms with Gasteiger partial charge in [0.1, 0.15) is 0 Å². The van der Waals surface area contributed by atoms with Crippen LogP contribution < -0.4 is 5.32 Å². The molecule has 1 aliphatic rings. The number of nitrogens with one attached hydrogen (secondary N) is 1. The highest BCUT2D eigenvalue weighted by molar-refractivity contribution is 5.72. The number of benzene rings is 1. The van der Waals surface area contributed by atoms with Crippen molar-refractivity contribution in [2.45, 2.75) is 45.8 Å². The van der Waals surface area contributed by atoms with E-state index < -0.39 is 0 Å². The Balaban J connectivity index is 1.69. The highest BCUT2D eigenvalue weighted by Crippen LogP contribution is 2.32. The Hall–Kier alpha value is -2.20. The van der Waals surface area contributed by atoms with Crippen LogP contribution in [-0.4, -0.2) is 22.3 Å². The molecule has 1 N–H and O–H groups in total. The van der Waals surface area contributed by atoms with Crippen LogP contribution in [0, 0.1) is 6.92 Å². The number of pyridine rings is 1. The number of aryl methyl sites for hydroxylation is 1. The summed E-state index contributed by atoms with van der Waals surface area (Å²) in [7, 11) is 0. The van der Waals surface area contributed by atoms with E-state index in [-0.39, 0.29) is 5.91 Å². The highest BCUT2D eigenvalue weighted by atomic mass is 16.1. The van der Waals surface area contributed by atoms with E-state index in [2.05, 4.69) is 58.5 Å². The molecule has 1 aliphatic heterocycles. The molecule has 1 unspecified atom stereocenters. The number of amides is 1. The number of nitrogens with zero attached hydrogens (tertiary/aromatic N) is 2. The second-order valence-electron chi connectivity index (χ2n) is 6.56. The zero-order chi connectivity index (χ0) is 16.9. The molecule has 4 heteroatoms. The maximum absolute atomic E-state index is 11.0. The number of carbonyl (C=O) groups is 1. The van der Waals surface area contributed by atoms with Gasteiger partial charge in [-0.3, -0.25) is 14.7 Å². The molecule has 1 saturated heterocycles. The monoisotopic (exact) mass is 323 g/mol. The van der Waals surface area contributed by atoms with Gasteiger partial charge in [-0.15, -0.1) is 0 Å². The van der Waals surface area contributed by atoms with Crippen molar-refractivity contribution in [3.63, 3.8) is 0 Å². The zero-order valence-electron chi connectivity index (χ0n) is 14.5. The first-order chi connectivity index (χ1) is 11.6. The van der Waals surface area contributed by atoms with Crippen molar-refractivity contribution < 1.29 is 4.79 Å². The third-order valence-corrected chi connectivity index (χ3v) is 4.73. The van der Waals surface area contributed by atoms with Gasteiger partial charge >= 0.3 is 0 Å². The van der Waals surface area contributed by atoms with E-state index in [0.29, 0.717) is 12.6 Å². The van der Waals surface area contributed by atoms with Crippen LogP contribution in [0.5, 0.6) is 0 Å². The van der Waals surface area contributed by atoms with Gasteiger partial charge in [0.2, 0.25) is 5.91 Å². The number of likely N-dealkylation sites (tertiary alicyclic amines) is 1. The van der Waals surface area contributed by atoms with Crippen molar-refractivity contribution >= 4 is 5.91 Å². The number of aromatic nitrogens is 1. The maximum atomic E-state index is 11.0. The minimum atomic E-state index is -0.0146. The van der Waals surface area contributed by atoms with Crippen LogP contribution in [0.1, 0.15) is 48.2 Å². The van der Waals surface area contributed by atoms with Crippen LogP contribution >= 0.6 is 0 Å². The average Bonchev–Trinajstić information content (AvgIpc) is 3.04. The molecule has 24 heavy (non-hydrogen) atoms. The fraction of sp³-hybridized carbons (Fsp3) is 0.400. The summed E-state index contributed by atoms with van der Waals surface area (Å²) in [6.45, 7) is 6.35. The molecule has 2 heterocycles. The molecule has 0 aliphatic carbocycles. The van der Waals surface area contributed by atoms with Gasteiger partial charge in [0.25, 0.3) is 0 Å². The molecule has 1 aromatic heterocycles. The predicted molar refractivity (Wildman–Crippen MR) is 95.3 cm³/mol. The minimum absolute atomic E-state index is 0.0146. The molecule has 4 nitrogen and oxygen atoms in total. The minimum Gasteiger partial charge on any atom is -0.352 e. The number of hydrogen-bond donors (Lipinski definition) is 1. The number of carbonyl (C=O) groups excluding carboxylic acids is 1. The first-order valence-electron chi connectivity index (χ1n) is 8.61. The molecule has 0 spiro atoms.